The zero-order valence-electron chi connectivity index (χ0n) is 15.7. The van der Waals surface area contributed by atoms with Gasteiger partial charge >= 0.3 is 0 Å². The van der Waals surface area contributed by atoms with Crippen molar-refractivity contribution in [3.63, 3.8) is 0 Å². The molecular formula is C25H28O. The lowest BCUT2D eigenvalue weighted by Gasteiger charge is -2.58. The molecule has 4 rings (SSSR count). The van der Waals surface area contributed by atoms with E-state index in [1.807, 2.05) is 6.07 Å². The lowest BCUT2D eigenvalue weighted by Crippen LogP contribution is -2.58. The minimum atomic E-state index is -0.0707. The zero-order chi connectivity index (χ0) is 18.0. The third kappa shape index (κ3) is 3.05. The van der Waals surface area contributed by atoms with Gasteiger partial charge in [-0.1, -0.05) is 78.7 Å². The molecule has 2 fully saturated rings. The molecule has 3 unspecified atom stereocenters. The molecule has 2 aromatic rings. The summed E-state index contributed by atoms with van der Waals surface area (Å²) in [4.78, 5) is 12.9. The maximum Gasteiger partial charge on any atom is 0.143 e. The topological polar surface area (TPSA) is 17.1 Å². The molecule has 2 aliphatic carbocycles. The quantitative estimate of drug-likeness (QED) is 0.559. The van der Waals surface area contributed by atoms with Gasteiger partial charge in [0.2, 0.25) is 0 Å². The van der Waals surface area contributed by atoms with Crippen LogP contribution in [0.2, 0.25) is 0 Å². The van der Waals surface area contributed by atoms with Crippen LogP contribution in [0, 0.1) is 18.3 Å². The average molecular weight is 344 g/mol. The molecular weight excluding hydrogens is 316 g/mol. The van der Waals surface area contributed by atoms with E-state index in [0.717, 1.165) is 32.1 Å². The first kappa shape index (κ1) is 17.3. The Morgan fingerprint density at radius 2 is 1.85 bits per heavy atom. The molecule has 0 saturated heterocycles. The standard InChI is InChI=1S/C25H28O/c1-19-13-15-21(16-14-19)23-22-12-8-18-25(23,24(22)26)17-7-3-6-11-20-9-4-2-5-10-20/h2,4-6,9-11,13-16,22-23H,3,7-8,12,17-18H2,1H3/b11-6+. The lowest BCUT2D eigenvalue weighted by molar-refractivity contribution is -0.158. The van der Waals surface area contributed by atoms with Crippen molar-refractivity contribution in [2.24, 2.45) is 11.3 Å². The normalized spacial score (nSPS) is 27.5. The predicted octanol–water partition coefficient (Wildman–Crippen LogP) is 6.33. The highest BCUT2D eigenvalue weighted by molar-refractivity contribution is 5.96. The second-order valence-electron chi connectivity index (χ2n) is 8.11. The number of carbonyl (C=O) groups is 1. The summed E-state index contributed by atoms with van der Waals surface area (Å²) >= 11 is 0. The molecule has 0 amide bonds. The van der Waals surface area contributed by atoms with Crippen LogP contribution in [0.15, 0.2) is 60.7 Å². The molecule has 0 heterocycles. The van der Waals surface area contributed by atoms with Crippen molar-refractivity contribution in [3.8, 4) is 0 Å². The van der Waals surface area contributed by atoms with Crippen LogP contribution in [-0.4, -0.2) is 5.78 Å². The van der Waals surface area contributed by atoms with Crippen LogP contribution in [0.3, 0.4) is 0 Å². The van der Waals surface area contributed by atoms with Gasteiger partial charge in [-0.2, -0.15) is 0 Å². The highest BCUT2D eigenvalue weighted by Gasteiger charge is 2.62. The molecule has 0 spiro atoms. The number of allylic oxidation sites excluding steroid dienone is 1. The molecule has 0 radical (unpaired) electrons. The van der Waals surface area contributed by atoms with Crippen LogP contribution in [0.4, 0.5) is 0 Å². The van der Waals surface area contributed by atoms with Gasteiger partial charge in [-0.05, 0) is 50.2 Å². The van der Waals surface area contributed by atoms with Gasteiger partial charge in [0, 0.05) is 17.3 Å². The molecule has 1 heteroatoms. The molecule has 0 aliphatic heterocycles. The Hall–Kier alpha value is -2.15. The number of benzene rings is 2. The fourth-order valence-electron chi connectivity index (χ4n) is 5.22. The number of hydrogen-bond donors (Lipinski definition) is 0. The van der Waals surface area contributed by atoms with Crippen LogP contribution in [-0.2, 0) is 4.79 Å². The van der Waals surface area contributed by atoms with E-state index in [1.165, 1.54) is 23.1 Å². The third-order valence-electron chi connectivity index (χ3n) is 6.50. The van der Waals surface area contributed by atoms with Crippen molar-refractivity contribution >= 4 is 11.9 Å². The van der Waals surface area contributed by atoms with E-state index in [4.69, 9.17) is 0 Å². The summed E-state index contributed by atoms with van der Waals surface area (Å²) in [5.74, 6) is 1.30. The fourth-order valence-corrected chi connectivity index (χ4v) is 5.22. The molecule has 2 bridgehead atoms. The second-order valence-corrected chi connectivity index (χ2v) is 8.11. The molecule has 2 aromatic carbocycles. The first-order chi connectivity index (χ1) is 12.7. The number of unbranched alkanes of at least 4 members (excludes halogenated alkanes) is 1. The van der Waals surface area contributed by atoms with Gasteiger partial charge in [0.1, 0.15) is 5.78 Å². The highest BCUT2D eigenvalue weighted by atomic mass is 16.1. The molecule has 134 valence electrons. The predicted molar refractivity (Wildman–Crippen MR) is 108 cm³/mol. The van der Waals surface area contributed by atoms with Crippen LogP contribution >= 0.6 is 0 Å². The molecule has 0 N–H and O–H groups in total. The maximum atomic E-state index is 12.9. The first-order valence-electron chi connectivity index (χ1n) is 10.0. The maximum absolute atomic E-state index is 12.9. The van der Waals surface area contributed by atoms with E-state index in [9.17, 15) is 4.79 Å². The van der Waals surface area contributed by atoms with Crippen molar-refractivity contribution in [2.75, 3.05) is 0 Å². The van der Waals surface area contributed by atoms with Crippen molar-refractivity contribution in [2.45, 2.75) is 51.4 Å². The molecule has 0 aromatic heterocycles. The third-order valence-corrected chi connectivity index (χ3v) is 6.50. The van der Waals surface area contributed by atoms with E-state index in [1.54, 1.807) is 0 Å². The van der Waals surface area contributed by atoms with Crippen LogP contribution in [0.1, 0.15) is 61.1 Å². The molecule has 1 nitrogen and oxygen atoms in total. The minimum Gasteiger partial charge on any atom is -0.299 e. The summed E-state index contributed by atoms with van der Waals surface area (Å²) in [6.07, 6.45) is 11.0. The van der Waals surface area contributed by atoms with Crippen molar-refractivity contribution in [1.29, 1.82) is 0 Å². The van der Waals surface area contributed by atoms with Gasteiger partial charge in [-0.3, -0.25) is 4.79 Å². The zero-order valence-corrected chi connectivity index (χ0v) is 15.7. The van der Waals surface area contributed by atoms with Gasteiger partial charge in [-0.25, -0.2) is 0 Å². The molecule has 2 aliphatic rings. The van der Waals surface area contributed by atoms with Crippen LogP contribution < -0.4 is 0 Å². The minimum absolute atomic E-state index is 0.0707. The van der Waals surface area contributed by atoms with E-state index >= 15 is 0 Å². The van der Waals surface area contributed by atoms with Gasteiger partial charge in [0.25, 0.3) is 0 Å². The SMILES string of the molecule is Cc1ccc(C2C3CCCC2(CCC/C=C/c2ccccc2)C3=O)cc1. The Morgan fingerprint density at radius 1 is 1.08 bits per heavy atom. The average Bonchev–Trinajstić information content (AvgIpc) is 2.69. The molecule has 3 atom stereocenters. The second kappa shape index (κ2) is 7.23. The monoisotopic (exact) mass is 344 g/mol. The fraction of sp³-hybridized carbons (Fsp3) is 0.400. The molecule has 2 saturated carbocycles. The lowest BCUT2D eigenvalue weighted by atomic mass is 9.43. The summed E-state index contributed by atoms with van der Waals surface area (Å²) in [7, 11) is 0. The number of Topliss-reactive ketones (excluding diaryl/α,β-unsaturated/α-hetero) is 1. The number of fused-ring (bicyclic) bond motifs is 2. The summed E-state index contributed by atoms with van der Waals surface area (Å²) in [5.41, 5.74) is 3.86. The van der Waals surface area contributed by atoms with Gasteiger partial charge in [0.15, 0.2) is 0 Å². The van der Waals surface area contributed by atoms with Crippen molar-refractivity contribution in [1.82, 2.24) is 0 Å². The summed E-state index contributed by atoms with van der Waals surface area (Å²) in [6, 6.07) is 19.4. The number of hydrogen-bond acceptors (Lipinski definition) is 1. The van der Waals surface area contributed by atoms with E-state index in [-0.39, 0.29) is 11.3 Å². The van der Waals surface area contributed by atoms with Crippen molar-refractivity contribution < 1.29 is 4.79 Å². The Morgan fingerprint density at radius 3 is 2.58 bits per heavy atom. The summed E-state index contributed by atoms with van der Waals surface area (Å²) < 4.78 is 0. The Labute approximate surface area is 157 Å². The Balaban J connectivity index is 1.42. The highest BCUT2D eigenvalue weighted by Crippen LogP contribution is 2.64. The molecule has 26 heavy (non-hydrogen) atoms. The van der Waals surface area contributed by atoms with E-state index in [0.29, 0.717) is 11.7 Å². The summed E-state index contributed by atoms with van der Waals surface area (Å²) in [6.45, 7) is 2.13. The number of ketones is 1. The number of carbonyl (C=O) groups excluding carboxylic acids is 1. The summed E-state index contributed by atoms with van der Waals surface area (Å²) in [5, 5.41) is 0. The van der Waals surface area contributed by atoms with Gasteiger partial charge < -0.3 is 0 Å². The van der Waals surface area contributed by atoms with E-state index < -0.39 is 0 Å². The van der Waals surface area contributed by atoms with Gasteiger partial charge in [-0.15, -0.1) is 0 Å². The largest absolute Gasteiger partial charge is 0.299 e. The Bertz CT molecular complexity index is 787. The van der Waals surface area contributed by atoms with E-state index in [2.05, 4.69) is 67.6 Å². The van der Waals surface area contributed by atoms with Crippen LogP contribution in [0.5, 0.6) is 0 Å². The van der Waals surface area contributed by atoms with Crippen molar-refractivity contribution in [3.05, 3.63) is 77.4 Å². The number of aryl methyl sites for hydroxylation is 1. The smallest absolute Gasteiger partial charge is 0.143 e. The van der Waals surface area contributed by atoms with Crippen LogP contribution in [0.25, 0.3) is 6.08 Å². The first-order valence-corrected chi connectivity index (χ1v) is 10.0. The Kier molecular flexibility index (Phi) is 4.80. The van der Waals surface area contributed by atoms with Gasteiger partial charge in [0.05, 0.1) is 0 Å². The number of rotatable bonds is 6.